The fourth-order valence-electron chi connectivity index (χ4n) is 3.26. The Morgan fingerprint density at radius 2 is 1.94 bits per heavy atom. The number of nitro groups is 1. The van der Waals surface area contributed by atoms with E-state index in [2.05, 4.69) is 4.99 Å². The number of sulfonamides is 1. The summed E-state index contributed by atoms with van der Waals surface area (Å²) in [6, 6.07) is 10.1. The molecular weight excluding hydrogens is 480 g/mol. The molecule has 182 valence electrons. The smallest absolute Gasteiger partial charge is 0.279 e. The van der Waals surface area contributed by atoms with Crippen molar-refractivity contribution in [3.05, 3.63) is 62.9 Å². The second-order valence-corrected chi connectivity index (χ2v) is 10.6. The summed E-state index contributed by atoms with van der Waals surface area (Å²) >= 11 is 1.23. The van der Waals surface area contributed by atoms with Gasteiger partial charge in [-0.25, -0.2) is 12.7 Å². The monoisotopic (exact) mass is 506 g/mol. The molecule has 2 aromatic carbocycles. The fourth-order valence-corrected chi connectivity index (χ4v) is 5.50. The van der Waals surface area contributed by atoms with Crippen LogP contribution >= 0.6 is 11.3 Å². The van der Waals surface area contributed by atoms with Gasteiger partial charge in [0, 0.05) is 44.9 Å². The summed E-state index contributed by atoms with van der Waals surface area (Å²) in [4.78, 5) is 28.3. The van der Waals surface area contributed by atoms with E-state index < -0.39 is 20.9 Å². The quantitative estimate of drug-likeness (QED) is 0.307. The van der Waals surface area contributed by atoms with Crippen molar-refractivity contribution in [2.45, 2.75) is 31.2 Å². The van der Waals surface area contributed by atoms with Gasteiger partial charge in [-0.3, -0.25) is 14.9 Å². The van der Waals surface area contributed by atoms with E-state index in [0.29, 0.717) is 30.0 Å². The van der Waals surface area contributed by atoms with Crippen LogP contribution in [0.3, 0.4) is 0 Å². The van der Waals surface area contributed by atoms with Gasteiger partial charge in [0.1, 0.15) is 0 Å². The third-order valence-corrected chi connectivity index (χ3v) is 8.16. The zero-order chi connectivity index (χ0) is 24.9. The summed E-state index contributed by atoms with van der Waals surface area (Å²) in [6.45, 7) is 3.08. The molecule has 1 amide bonds. The highest BCUT2D eigenvalue weighted by atomic mass is 32.2. The molecule has 0 saturated heterocycles. The van der Waals surface area contributed by atoms with Gasteiger partial charge in [-0.05, 0) is 36.8 Å². The van der Waals surface area contributed by atoms with Crippen molar-refractivity contribution in [3.8, 4) is 0 Å². The third-order valence-electron chi connectivity index (χ3n) is 5.23. The molecule has 1 heterocycles. The number of ether oxygens (including phenoxy) is 1. The number of unbranched alkanes of at least 4 members (excludes halogenated alkanes) is 1. The number of aromatic nitrogens is 1. The standard InChI is InChI=1S/C22H26N4O6S2/c1-4-5-12-24(2)34(30,31)18-9-6-16(7-10-18)21(27)23-22-25(13-14-32-3)19-15-17(26(28)29)8-11-20(19)33-22/h6-11,15H,4-5,12-14H2,1-3H3. The lowest BCUT2D eigenvalue weighted by Crippen LogP contribution is -2.27. The average Bonchev–Trinajstić information content (AvgIpc) is 3.16. The van der Waals surface area contributed by atoms with Crippen LogP contribution in [0.15, 0.2) is 52.4 Å². The fraction of sp³-hybridized carbons (Fsp3) is 0.364. The number of amides is 1. The van der Waals surface area contributed by atoms with E-state index in [4.69, 9.17) is 4.74 Å². The number of hydrogen-bond donors (Lipinski definition) is 0. The molecule has 1 aromatic heterocycles. The Morgan fingerprint density at radius 1 is 1.24 bits per heavy atom. The Kier molecular flexibility index (Phi) is 8.31. The molecule has 0 N–H and O–H groups in total. The van der Waals surface area contributed by atoms with Crippen LogP contribution in [0.25, 0.3) is 10.2 Å². The Balaban J connectivity index is 1.96. The summed E-state index contributed by atoms with van der Waals surface area (Å²) < 4.78 is 34.3. The van der Waals surface area contributed by atoms with Crippen LogP contribution in [0, 0.1) is 10.1 Å². The molecule has 0 aliphatic carbocycles. The van der Waals surface area contributed by atoms with E-state index in [-0.39, 0.29) is 16.1 Å². The summed E-state index contributed by atoms with van der Waals surface area (Å²) in [5.74, 6) is -0.546. The van der Waals surface area contributed by atoms with E-state index in [1.54, 1.807) is 10.6 Å². The van der Waals surface area contributed by atoms with E-state index >= 15 is 0 Å². The molecule has 34 heavy (non-hydrogen) atoms. The highest BCUT2D eigenvalue weighted by molar-refractivity contribution is 7.89. The van der Waals surface area contributed by atoms with Gasteiger partial charge in [0.05, 0.1) is 26.6 Å². The van der Waals surface area contributed by atoms with Crippen LogP contribution in [0.2, 0.25) is 0 Å². The zero-order valence-corrected chi connectivity index (χ0v) is 20.8. The molecule has 0 aliphatic rings. The number of hydrogen-bond acceptors (Lipinski definition) is 7. The van der Waals surface area contributed by atoms with E-state index in [1.165, 1.54) is 66.2 Å². The minimum atomic E-state index is -3.64. The maximum absolute atomic E-state index is 12.9. The molecule has 0 aliphatic heterocycles. The minimum absolute atomic E-state index is 0.0601. The van der Waals surface area contributed by atoms with Crippen LogP contribution < -0.4 is 4.80 Å². The highest BCUT2D eigenvalue weighted by Crippen LogP contribution is 2.23. The number of nitro benzene ring substituents is 1. The van der Waals surface area contributed by atoms with Crippen molar-refractivity contribution in [2.24, 2.45) is 4.99 Å². The van der Waals surface area contributed by atoms with Crippen LogP contribution in [0.4, 0.5) is 5.69 Å². The van der Waals surface area contributed by atoms with E-state index in [9.17, 15) is 23.3 Å². The molecule has 0 radical (unpaired) electrons. The number of non-ortho nitro benzene ring substituents is 1. The molecule has 3 aromatic rings. The summed E-state index contributed by atoms with van der Waals surface area (Å²) in [6.07, 6.45) is 1.64. The van der Waals surface area contributed by atoms with Gasteiger partial charge in [0.2, 0.25) is 10.0 Å². The van der Waals surface area contributed by atoms with Crippen LogP contribution in [0.5, 0.6) is 0 Å². The molecule has 0 atom stereocenters. The molecule has 0 saturated carbocycles. The van der Waals surface area contributed by atoms with Crippen LogP contribution in [-0.4, -0.2) is 55.4 Å². The maximum atomic E-state index is 12.9. The number of rotatable bonds is 10. The van der Waals surface area contributed by atoms with Crippen molar-refractivity contribution in [1.82, 2.24) is 8.87 Å². The van der Waals surface area contributed by atoms with Crippen molar-refractivity contribution in [3.63, 3.8) is 0 Å². The van der Waals surface area contributed by atoms with Gasteiger partial charge >= 0.3 is 0 Å². The average molecular weight is 507 g/mol. The Morgan fingerprint density at radius 3 is 2.56 bits per heavy atom. The van der Waals surface area contributed by atoms with Gasteiger partial charge in [0.25, 0.3) is 11.6 Å². The predicted octanol–water partition coefficient (Wildman–Crippen LogP) is 3.42. The predicted molar refractivity (Wildman–Crippen MR) is 129 cm³/mol. The number of carbonyl (C=O) groups is 1. The summed E-state index contributed by atoms with van der Waals surface area (Å²) in [5.41, 5.74) is 0.756. The Labute approximate surface area is 201 Å². The van der Waals surface area contributed by atoms with Gasteiger partial charge in [-0.1, -0.05) is 24.7 Å². The van der Waals surface area contributed by atoms with Crippen LogP contribution in [0.1, 0.15) is 30.1 Å². The minimum Gasteiger partial charge on any atom is -0.383 e. The van der Waals surface area contributed by atoms with Gasteiger partial charge < -0.3 is 9.30 Å². The molecule has 0 bridgehead atoms. The molecule has 3 rings (SSSR count). The zero-order valence-electron chi connectivity index (χ0n) is 19.1. The largest absolute Gasteiger partial charge is 0.383 e. The molecule has 10 nitrogen and oxygen atoms in total. The van der Waals surface area contributed by atoms with Crippen molar-refractivity contribution < 1.29 is 22.9 Å². The number of nitrogens with zero attached hydrogens (tertiary/aromatic N) is 4. The Hall–Kier alpha value is -2.93. The lowest BCUT2D eigenvalue weighted by Gasteiger charge is -2.16. The van der Waals surface area contributed by atoms with E-state index in [0.717, 1.165) is 17.5 Å². The van der Waals surface area contributed by atoms with Crippen molar-refractivity contribution in [1.29, 1.82) is 0 Å². The molecule has 0 spiro atoms. The summed E-state index contributed by atoms with van der Waals surface area (Å²) in [7, 11) is -0.569. The number of benzene rings is 2. The number of fused-ring (bicyclic) bond motifs is 1. The van der Waals surface area contributed by atoms with Gasteiger partial charge in [0.15, 0.2) is 4.80 Å². The first-order chi connectivity index (χ1) is 16.2. The van der Waals surface area contributed by atoms with Crippen LogP contribution in [-0.2, 0) is 21.3 Å². The second-order valence-electron chi connectivity index (χ2n) is 7.56. The second kappa shape index (κ2) is 11.0. The molecular formula is C22H26N4O6S2. The van der Waals surface area contributed by atoms with Gasteiger partial charge in [-0.2, -0.15) is 4.99 Å². The van der Waals surface area contributed by atoms with E-state index in [1.807, 2.05) is 6.92 Å². The van der Waals surface area contributed by atoms with Crippen molar-refractivity contribution in [2.75, 3.05) is 27.3 Å². The number of thiazole rings is 1. The Bertz CT molecular complexity index is 1360. The number of carbonyl (C=O) groups excluding carboxylic acids is 1. The SMILES string of the molecule is CCCCN(C)S(=O)(=O)c1ccc(C(=O)N=c2sc3ccc([N+](=O)[O-])cc3n2CCOC)cc1. The topological polar surface area (TPSA) is 124 Å². The lowest BCUT2D eigenvalue weighted by molar-refractivity contribution is -0.384. The van der Waals surface area contributed by atoms with Gasteiger partial charge in [-0.15, -0.1) is 0 Å². The molecule has 0 fully saturated rings. The normalized spacial score (nSPS) is 12.5. The first kappa shape index (κ1) is 25.7. The highest BCUT2D eigenvalue weighted by Gasteiger charge is 2.20. The first-order valence-electron chi connectivity index (χ1n) is 10.6. The lowest BCUT2D eigenvalue weighted by atomic mass is 10.2. The maximum Gasteiger partial charge on any atom is 0.279 e. The molecule has 0 unspecified atom stereocenters. The summed E-state index contributed by atoms with van der Waals surface area (Å²) in [5, 5.41) is 11.2. The first-order valence-corrected chi connectivity index (χ1v) is 12.9. The van der Waals surface area contributed by atoms with Crippen molar-refractivity contribution >= 4 is 43.2 Å². The number of methoxy groups -OCH3 is 1. The molecule has 12 heteroatoms. The third kappa shape index (κ3) is 5.58.